The van der Waals surface area contributed by atoms with Crippen molar-refractivity contribution in [3.8, 4) is 10.7 Å². The second-order valence-electron chi connectivity index (χ2n) is 2.38. The molecule has 0 aromatic carbocycles. The van der Waals surface area contributed by atoms with Crippen LogP contribution in [0, 0.1) is 6.92 Å². The van der Waals surface area contributed by atoms with Gasteiger partial charge in [0.15, 0.2) is 5.82 Å². The molecule has 0 aliphatic carbocycles. The lowest BCUT2D eigenvalue weighted by Crippen LogP contribution is -1.77. The first-order valence-corrected chi connectivity index (χ1v) is 4.65. The van der Waals surface area contributed by atoms with E-state index in [9.17, 15) is 0 Å². The third-order valence-corrected chi connectivity index (χ3v) is 2.70. The maximum absolute atomic E-state index is 5.61. The van der Waals surface area contributed by atoms with Crippen LogP contribution in [0.15, 0.2) is 11.4 Å². The molecule has 0 saturated heterocycles. The van der Waals surface area contributed by atoms with E-state index in [-0.39, 0.29) is 0 Å². The van der Waals surface area contributed by atoms with Crippen molar-refractivity contribution in [2.75, 3.05) is 0 Å². The number of aryl methyl sites for hydroxylation is 1. The van der Waals surface area contributed by atoms with Crippen LogP contribution >= 0.6 is 22.9 Å². The summed E-state index contributed by atoms with van der Waals surface area (Å²) in [6.45, 7) is 2.02. The maximum atomic E-state index is 5.61. The highest BCUT2D eigenvalue weighted by Gasteiger charge is 2.07. The van der Waals surface area contributed by atoms with Crippen LogP contribution < -0.4 is 0 Å². The van der Waals surface area contributed by atoms with Gasteiger partial charge in [-0.15, -0.1) is 11.3 Å². The van der Waals surface area contributed by atoms with E-state index in [1.54, 1.807) is 11.3 Å². The molecule has 0 spiro atoms. The Bertz CT molecular complexity index is 393. The third-order valence-electron chi connectivity index (χ3n) is 1.52. The van der Waals surface area contributed by atoms with Crippen molar-refractivity contribution >= 4 is 22.9 Å². The zero-order chi connectivity index (χ0) is 8.55. The van der Waals surface area contributed by atoms with Gasteiger partial charge in [-0.05, 0) is 35.5 Å². The molecule has 0 atom stereocenters. The molecule has 0 saturated carbocycles. The Hall–Kier alpha value is -0.870. The molecule has 0 aliphatic rings. The van der Waals surface area contributed by atoms with Gasteiger partial charge in [-0.2, -0.15) is 10.1 Å². The minimum atomic E-state index is 0.331. The minimum Gasteiger partial charge on any atom is -0.249 e. The lowest BCUT2D eigenvalue weighted by molar-refractivity contribution is 1.10. The molecule has 0 unspecified atom stereocenters. The van der Waals surface area contributed by atoms with Gasteiger partial charge in [0.05, 0.1) is 4.88 Å². The van der Waals surface area contributed by atoms with E-state index >= 15 is 0 Å². The summed E-state index contributed by atoms with van der Waals surface area (Å²) in [5, 5.41) is 8.90. The Morgan fingerprint density at radius 2 is 2.42 bits per heavy atom. The Morgan fingerprint density at radius 3 is 2.92 bits per heavy atom. The van der Waals surface area contributed by atoms with Crippen molar-refractivity contribution < 1.29 is 0 Å². The van der Waals surface area contributed by atoms with Crippen molar-refractivity contribution in [3.63, 3.8) is 0 Å². The largest absolute Gasteiger partial charge is 0.249 e. The summed E-state index contributed by atoms with van der Waals surface area (Å²) in [5.41, 5.74) is 1.18. The molecule has 5 heteroatoms. The van der Waals surface area contributed by atoms with E-state index in [0.29, 0.717) is 11.1 Å². The SMILES string of the molecule is Cc1ccsc1-c1n[nH]c(Cl)n1. The number of hydrogen-bond acceptors (Lipinski definition) is 3. The molecule has 2 aromatic heterocycles. The van der Waals surface area contributed by atoms with Gasteiger partial charge in [-0.25, -0.2) is 5.10 Å². The highest BCUT2D eigenvalue weighted by atomic mass is 35.5. The van der Waals surface area contributed by atoms with Crippen molar-refractivity contribution in [1.29, 1.82) is 0 Å². The average Bonchev–Trinajstić information content (AvgIpc) is 2.58. The highest BCUT2D eigenvalue weighted by molar-refractivity contribution is 7.13. The first-order chi connectivity index (χ1) is 5.77. The van der Waals surface area contributed by atoms with E-state index in [4.69, 9.17) is 11.6 Å². The fourth-order valence-corrected chi connectivity index (χ4v) is 1.93. The summed E-state index contributed by atoms with van der Waals surface area (Å²) < 4.78 is 0. The standard InChI is InChI=1S/C7H6ClN3S/c1-4-2-3-12-5(4)6-9-7(8)11-10-6/h2-3H,1H3,(H,9,10,11). The summed E-state index contributed by atoms with van der Waals surface area (Å²) in [4.78, 5) is 5.09. The number of nitrogens with zero attached hydrogens (tertiary/aromatic N) is 2. The predicted octanol–water partition coefficient (Wildman–Crippen LogP) is 2.50. The van der Waals surface area contributed by atoms with Crippen LogP contribution in [-0.2, 0) is 0 Å². The second kappa shape index (κ2) is 2.88. The zero-order valence-electron chi connectivity index (χ0n) is 6.34. The van der Waals surface area contributed by atoms with Gasteiger partial charge in [0, 0.05) is 0 Å². The van der Waals surface area contributed by atoms with Gasteiger partial charge < -0.3 is 0 Å². The van der Waals surface area contributed by atoms with Gasteiger partial charge in [0.1, 0.15) is 0 Å². The van der Waals surface area contributed by atoms with Crippen molar-refractivity contribution in [1.82, 2.24) is 15.2 Å². The number of nitrogens with one attached hydrogen (secondary N) is 1. The second-order valence-corrected chi connectivity index (χ2v) is 3.66. The van der Waals surface area contributed by atoms with Gasteiger partial charge >= 0.3 is 0 Å². The molecule has 2 rings (SSSR count). The summed E-state index contributed by atoms with van der Waals surface area (Å²) in [7, 11) is 0. The summed E-state index contributed by atoms with van der Waals surface area (Å²) in [6.07, 6.45) is 0. The zero-order valence-corrected chi connectivity index (χ0v) is 7.91. The number of aromatic nitrogens is 3. The van der Waals surface area contributed by atoms with Gasteiger partial charge in [0.25, 0.3) is 0 Å². The lowest BCUT2D eigenvalue weighted by atomic mass is 10.3. The average molecular weight is 200 g/mol. The highest BCUT2D eigenvalue weighted by Crippen LogP contribution is 2.26. The van der Waals surface area contributed by atoms with E-state index in [1.807, 2.05) is 18.4 Å². The van der Waals surface area contributed by atoms with Crippen LogP contribution in [0.4, 0.5) is 0 Å². The monoisotopic (exact) mass is 199 g/mol. The molecule has 1 N–H and O–H groups in total. The topological polar surface area (TPSA) is 41.6 Å². The first-order valence-electron chi connectivity index (χ1n) is 3.40. The molecule has 2 aromatic rings. The van der Waals surface area contributed by atoms with E-state index < -0.39 is 0 Å². The van der Waals surface area contributed by atoms with E-state index in [1.165, 1.54) is 5.56 Å². The third kappa shape index (κ3) is 1.23. The molecule has 2 heterocycles. The number of halogens is 1. The lowest BCUT2D eigenvalue weighted by Gasteiger charge is -1.88. The normalized spacial score (nSPS) is 10.5. The number of hydrogen-bond donors (Lipinski definition) is 1. The summed E-state index contributed by atoms with van der Waals surface area (Å²) >= 11 is 7.22. The Kier molecular flexibility index (Phi) is 1.86. The van der Waals surface area contributed by atoms with Crippen LogP contribution in [0.2, 0.25) is 5.28 Å². The molecule has 0 amide bonds. The molecular formula is C7H6ClN3S. The fourth-order valence-electron chi connectivity index (χ4n) is 0.945. The first kappa shape index (κ1) is 7.76. The number of thiophene rings is 1. The fraction of sp³-hybridized carbons (Fsp3) is 0.143. The van der Waals surface area contributed by atoms with Gasteiger partial charge in [0.2, 0.25) is 5.28 Å². The quantitative estimate of drug-likeness (QED) is 0.767. The molecule has 0 fully saturated rings. The molecule has 0 aliphatic heterocycles. The number of aromatic amines is 1. The van der Waals surface area contributed by atoms with Gasteiger partial charge in [-0.1, -0.05) is 0 Å². The Balaban J connectivity index is 2.50. The molecule has 62 valence electrons. The molecule has 3 nitrogen and oxygen atoms in total. The Morgan fingerprint density at radius 1 is 1.58 bits per heavy atom. The molecule has 0 radical (unpaired) electrons. The van der Waals surface area contributed by atoms with Crippen LogP contribution in [0.3, 0.4) is 0 Å². The van der Waals surface area contributed by atoms with Crippen LogP contribution in [0.25, 0.3) is 10.7 Å². The molecule has 0 bridgehead atoms. The summed E-state index contributed by atoms with van der Waals surface area (Å²) in [5.74, 6) is 0.674. The molecule has 12 heavy (non-hydrogen) atoms. The Labute approximate surface area is 78.4 Å². The van der Waals surface area contributed by atoms with E-state index in [2.05, 4.69) is 15.2 Å². The maximum Gasteiger partial charge on any atom is 0.218 e. The number of rotatable bonds is 1. The van der Waals surface area contributed by atoms with E-state index in [0.717, 1.165) is 4.88 Å². The minimum absolute atomic E-state index is 0.331. The van der Waals surface area contributed by atoms with Crippen molar-refractivity contribution in [2.24, 2.45) is 0 Å². The van der Waals surface area contributed by atoms with Gasteiger partial charge in [-0.3, -0.25) is 0 Å². The van der Waals surface area contributed by atoms with Crippen LogP contribution in [0.1, 0.15) is 5.56 Å². The smallest absolute Gasteiger partial charge is 0.218 e. The van der Waals surface area contributed by atoms with Crippen molar-refractivity contribution in [2.45, 2.75) is 6.92 Å². The van der Waals surface area contributed by atoms with Crippen LogP contribution in [-0.4, -0.2) is 15.2 Å². The predicted molar refractivity (Wildman–Crippen MR) is 49.4 cm³/mol. The molecular weight excluding hydrogens is 194 g/mol. The number of H-pyrrole nitrogens is 1. The summed E-state index contributed by atoms with van der Waals surface area (Å²) in [6, 6.07) is 2.03. The van der Waals surface area contributed by atoms with Crippen molar-refractivity contribution in [3.05, 3.63) is 22.3 Å². The van der Waals surface area contributed by atoms with Crippen LogP contribution in [0.5, 0.6) is 0 Å².